The van der Waals surface area contributed by atoms with E-state index in [2.05, 4.69) is 0 Å². The fraction of sp³-hybridized carbons (Fsp3) is 0.263. The van der Waals surface area contributed by atoms with Gasteiger partial charge in [0.15, 0.2) is 6.10 Å². The molecule has 1 aliphatic heterocycles. The molecule has 142 valence electrons. The highest BCUT2D eigenvalue weighted by atomic mass is 35.6. The van der Waals surface area contributed by atoms with Crippen LogP contribution in [0.15, 0.2) is 60.7 Å². The standard InChI is InChI=1S/C19H16Cl3NO4/c20-19(21,22)11-26-12-27-16-15(13-7-3-1-4-8-13)23(18(16)25)17(24)14-9-5-2-6-10-14/h1-10,15-16H,11-12H2. The lowest BCUT2D eigenvalue weighted by molar-refractivity contribution is -0.184. The van der Waals surface area contributed by atoms with Crippen LogP contribution in [-0.2, 0) is 14.3 Å². The molecule has 1 heterocycles. The Bertz CT molecular complexity index is 796. The molecule has 3 rings (SSSR count). The van der Waals surface area contributed by atoms with E-state index in [0.717, 1.165) is 5.56 Å². The topological polar surface area (TPSA) is 55.8 Å². The van der Waals surface area contributed by atoms with Gasteiger partial charge in [0, 0.05) is 5.56 Å². The number of carbonyl (C=O) groups excluding carboxylic acids is 2. The molecule has 1 aliphatic rings. The fourth-order valence-corrected chi connectivity index (χ4v) is 3.06. The van der Waals surface area contributed by atoms with Crippen molar-refractivity contribution in [3.8, 4) is 0 Å². The van der Waals surface area contributed by atoms with Gasteiger partial charge in [-0.2, -0.15) is 0 Å². The first-order chi connectivity index (χ1) is 12.9. The van der Waals surface area contributed by atoms with E-state index in [1.807, 2.05) is 30.3 Å². The van der Waals surface area contributed by atoms with E-state index in [1.54, 1.807) is 30.3 Å². The number of nitrogens with zero attached hydrogens (tertiary/aromatic N) is 1. The van der Waals surface area contributed by atoms with Crippen molar-refractivity contribution in [2.24, 2.45) is 0 Å². The maximum Gasteiger partial charge on any atom is 0.261 e. The minimum absolute atomic E-state index is 0.179. The summed E-state index contributed by atoms with van der Waals surface area (Å²) in [6.07, 6.45) is -0.851. The second kappa shape index (κ2) is 8.59. The summed E-state index contributed by atoms with van der Waals surface area (Å²) in [5, 5.41) is 0. The van der Waals surface area contributed by atoms with Gasteiger partial charge in [0.2, 0.25) is 3.79 Å². The van der Waals surface area contributed by atoms with Crippen molar-refractivity contribution in [1.82, 2.24) is 4.90 Å². The third-order valence-electron chi connectivity index (χ3n) is 4.02. The molecule has 0 radical (unpaired) electrons. The van der Waals surface area contributed by atoms with Crippen LogP contribution in [0, 0.1) is 0 Å². The average molecular weight is 429 g/mol. The molecule has 0 saturated carbocycles. The lowest BCUT2D eigenvalue weighted by Crippen LogP contribution is -2.62. The summed E-state index contributed by atoms with van der Waals surface area (Å²) in [5.74, 6) is -0.813. The second-order valence-corrected chi connectivity index (χ2v) is 8.42. The number of benzene rings is 2. The van der Waals surface area contributed by atoms with Crippen molar-refractivity contribution in [3.05, 3.63) is 71.8 Å². The Hall–Kier alpha value is -1.63. The first-order valence-corrected chi connectivity index (χ1v) is 9.25. The van der Waals surface area contributed by atoms with Crippen LogP contribution >= 0.6 is 34.8 Å². The van der Waals surface area contributed by atoms with Gasteiger partial charge in [0.25, 0.3) is 11.8 Å². The molecule has 27 heavy (non-hydrogen) atoms. The number of halogens is 3. The number of imide groups is 1. The summed E-state index contributed by atoms with van der Waals surface area (Å²) < 4.78 is 9.10. The summed E-state index contributed by atoms with van der Waals surface area (Å²) in [5.41, 5.74) is 1.21. The van der Waals surface area contributed by atoms with Crippen molar-refractivity contribution in [2.75, 3.05) is 13.4 Å². The van der Waals surface area contributed by atoms with Gasteiger partial charge in [0.05, 0.1) is 6.61 Å². The zero-order valence-electron chi connectivity index (χ0n) is 14.1. The van der Waals surface area contributed by atoms with Gasteiger partial charge in [-0.15, -0.1) is 0 Å². The largest absolute Gasteiger partial charge is 0.351 e. The molecule has 0 N–H and O–H groups in total. The van der Waals surface area contributed by atoms with Gasteiger partial charge in [0.1, 0.15) is 12.8 Å². The number of β-lactam (4-membered cyclic amide) rings is 1. The average Bonchev–Trinajstić information content (AvgIpc) is 2.66. The zero-order chi connectivity index (χ0) is 19.4. The van der Waals surface area contributed by atoms with E-state index < -0.39 is 21.8 Å². The van der Waals surface area contributed by atoms with E-state index in [-0.39, 0.29) is 19.3 Å². The monoisotopic (exact) mass is 427 g/mol. The summed E-state index contributed by atoms with van der Waals surface area (Å²) in [7, 11) is 0. The molecular formula is C19H16Cl3NO4. The van der Waals surface area contributed by atoms with Crippen LogP contribution in [0.2, 0.25) is 0 Å². The van der Waals surface area contributed by atoms with Crippen molar-refractivity contribution in [1.29, 1.82) is 0 Å². The summed E-state index contributed by atoms with van der Waals surface area (Å²) >= 11 is 16.8. The van der Waals surface area contributed by atoms with Gasteiger partial charge < -0.3 is 9.47 Å². The summed E-state index contributed by atoms with van der Waals surface area (Å²) in [4.78, 5) is 26.6. The number of ether oxygens (including phenoxy) is 2. The highest BCUT2D eigenvalue weighted by molar-refractivity contribution is 6.67. The maximum atomic E-state index is 12.8. The lowest BCUT2D eigenvalue weighted by atomic mass is 9.89. The van der Waals surface area contributed by atoms with Crippen LogP contribution in [0.3, 0.4) is 0 Å². The molecule has 2 amide bonds. The Morgan fingerprint density at radius 2 is 1.59 bits per heavy atom. The van der Waals surface area contributed by atoms with Gasteiger partial charge in [-0.05, 0) is 17.7 Å². The highest BCUT2D eigenvalue weighted by Crippen LogP contribution is 2.38. The molecule has 1 saturated heterocycles. The number of carbonyl (C=O) groups is 2. The Morgan fingerprint density at radius 1 is 1.00 bits per heavy atom. The fourth-order valence-electron chi connectivity index (χ4n) is 2.82. The number of amides is 2. The molecule has 1 fully saturated rings. The van der Waals surface area contributed by atoms with Crippen molar-refractivity contribution >= 4 is 46.6 Å². The highest BCUT2D eigenvalue weighted by Gasteiger charge is 2.52. The number of rotatable bonds is 6. The lowest BCUT2D eigenvalue weighted by Gasteiger charge is -2.45. The Morgan fingerprint density at radius 3 is 2.19 bits per heavy atom. The predicted octanol–water partition coefficient (Wildman–Crippen LogP) is 4.14. The first-order valence-electron chi connectivity index (χ1n) is 8.12. The molecule has 0 spiro atoms. The molecule has 0 bridgehead atoms. The van der Waals surface area contributed by atoms with Crippen LogP contribution in [0.4, 0.5) is 0 Å². The van der Waals surface area contributed by atoms with Crippen LogP contribution in [-0.4, -0.2) is 40.0 Å². The molecular weight excluding hydrogens is 413 g/mol. The van der Waals surface area contributed by atoms with Gasteiger partial charge in [-0.3, -0.25) is 14.5 Å². The summed E-state index contributed by atoms with van der Waals surface area (Å²) in [6.45, 7) is -0.414. The van der Waals surface area contributed by atoms with Crippen molar-refractivity contribution < 1.29 is 19.1 Å². The molecule has 2 atom stereocenters. The number of hydrogen-bond donors (Lipinski definition) is 0. The smallest absolute Gasteiger partial charge is 0.261 e. The Balaban J connectivity index is 1.75. The molecule has 5 nitrogen and oxygen atoms in total. The number of hydrogen-bond acceptors (Lipinski definition) is 4. The summed E-state index contributed by atoms with van der Waals surface area (Å²) in [6, 6.07) is 17.3. The molecule has 2 unspecified atom stereocenters. The minimum atomic E-state index is -1.57. The minimum Gasteiger partial charge on any atom is -0.351 e. The Labute approximate surface area is 171 Å². The molecule has 0 aromatic heterocycles. The second-order valence-electron chi connectivity index (χ2n) is 5.90. The molecule has 8 heteroatoms. The van der Waals surface area contributed by atoms with E-state index in [9.17, 15) is 9.59 Å². The van der Waals surface area contributed by atoms with Gasteiger partial charge in [-0.1, -0.05) is 83.3 Å². The zero-order valence-corrected chi connectivity index (χ0v) is 16.3. The van der Waals surface area contributed by atoms with Crippen LogP contribution in [0.1, 0.15) is 22.0 Å². The van der Waals surface area contributed by atoms with Crippen LogP contribution in [0.5, 0.6) is 0 Å². The third-order valence-corrected chi connectivity index (χ3v) is 4.35. The third kappa shape index (κ3) is 4.81. The Kier molecular flexibility index (Phi) is 6.40. The predicted molar refractivity (Wildman–Crippen MR) is 103 cm³/mol. The van der Waals surface area contributed by atoms with E-state index in [0.29, 0.717) is 5.56 Å². The maximum absolute atomic E-state index is 12.8. The molecule has 2 aromatic carbocycles. The molecule has 0 aliphatic carbocycles. The van der Waals surface area contributed by atoms with Crippen LogP contribution in [0.25, 0.3) is 0 Å². The van der Waals surface area contributed by atoms with E-state index in [4.69, 9.17) is 44.3 Å². The number of likely N-dealkylation sites (tertiary alicyclic amines) is 1. The van der Waals surface area contributed by atoms with Gasteiger partial charge >= 0.3 is 0 Å². The SMILES string of the molecule is O=C(c1ccccc1)N1C(=O)C(OCOCC(Cl)(Cl)Cl)C1c1ccccc1. The number of alkyl halides is 3. The van der Waals surface area contributed by atoms with Crippen LogP contribution < -0.4 is 0 Å². The van der Waals surface area contributed by atoms with E-state index in [1.165, 1.54) is 4.90 Å². The quantitative estimate of drug-likeness (QED) is 0.228. The van der Waals surface area contributed by atoms with Crippen molar-refractivity contribution in [3.63, 3.8) is 0 Å². The van der Waals surface area contributed by atoms with Crippen molar-refractivity contribution in [2.45, 2.75) is 15.9 Å². The first kappa shape index (κ1) is 20.1. The van der Waals surface area contributed by atoms with E-state index >= 15 is 0 Å². The van der Waals surface area contributed by atoms with Gasteiger partial charge in [-0.25, -0.2) is 0 Å². The normalized spacial score (nSPS) is 19.7. The molecule has 2 aromatic rings.